The van der Waals surface area contributed by atoms with Gasteiger partial charge in [-0.2, -0.15) is 4.31 Å². The maximum atomic E-state index is 12.7. The van der Waals surface area contributed by atoms with Crippen molar-refractivity contribution in [2.75, 3.05) is 33.7 Å². The van der Waals surface area contributed by atoms with Crippen LogP contribution in [-0.2, 0) is 16.6 Å². The van der Waals surface area contributed by atoms with E-state index in [2.05, 4.69) is 4.98 Å². The van der Waals surface area contributed by atoms with Gasteiger partial charge in [0.25, 0.3) is 0 Å². The molecule has 0 aliphatic rings. The van der Waals surface area contributed by atoms with Crippen LogP contribution in [0.15, 0.2) is 17.2 Å². The first-order valence-electron chi connectivity index (χ1n) is 6.79. The van der Waals surface area contributed by atoms with Gasteiger partial charge in [0.2, 0.25) is 10.0 Å². The summed E-state index contributed by atoms with van der Waals surface area (Å²) in [7, 11) is 0.406. The van der Waals surface area contributed by atoms with Gasteiger partial charge in [-0.3, -0.25) is 0 Å². The average Bonchev–Trinajstić information content (AvgIpc) is 2.83. The lowest BCUT2D eigenvalue weighted by molar-refractivity contribution is 0.312. The first kappa shape index (κ1) is 17.2. The lowest BCUT2D eigenvalue weighted by Crippen LogP contribution is -2.38. The molecule has 1 heterocycles. The Morgan fingerprint density at radius 3 is 2.40 bits per heavy atom. The monoisotopic (exact) mass is 302 g/mol. The van der Waals surface area contributed by atoms with Crippen molar-refractivity contribution in [3.05, 3.63) is 18.0 Å². The summed E-state index contributed by atoms with van der Waals surface area (Å²) in [4.78, 5) is 5.16. The minimum Gasteiger partial charge on any atom is -0.363 e. The van der Waals surface area contributed by atoms with Crippen molar-refractivity contribution in [3.63, 3.8) is 0 Å². The van der Waals surface area contributed by atoms with E-state index >= 15 is 0 Å². The highest BCUT2D eigenvalue weighted by Crippen LogP contribution is 2.18. The molecule has 7 heteroatoms. The Kier molecular flexibility index (Phi) is 6.19. The van der Waals surface area contributed by atoms with Crippen LogP contribution < -0.4 is 5.73 Å². The molecule has 1 aromatic heterocycles. The predicted molar refractivity (Wildman–Crippen MR) is 80.8 cm³/mol. The SMILES string of the molecule is CC(C)CN(CCN(C)C)S(=O)(=O)c1c[nH]c(CN)c1. The topological polar surface area (TPSA) is 82.4 Å². The molecule has 0 aliphatic carbocycles. The van der Waals surface area contributed by atoms with Gasteiger partial charge >= 0.3 is 0 Å². The van der Waals surface area contributed by atoms with E-state index in [1.807, 2.05) is 32.8 Å². The van der Waals surface area contributed by atoms with E-state index in [1.54, 1.807) is 10.4 Å². The molecule has 0 unspecified atom stereocenters. The van der Waals surface area contributed by atoms with Gasteiger partial charge < -0.3 is 15.6 Å². The lowest BCUT2D eigenvalue weighted by Gasteiger charge is -2.24. The minimum absolute atomic E-state index is 0.278. The molecule has 0 aromatic carbocycles. The Labute approximate surface area is 122 Å². The van der Waals surface area contributed by atoms with Crippen LogP contribution in [0, 0.1) is 5.92 Å². The summed E-state index contributed by atoms with van der Waals surface area (Å²) in [5, 5.41) is 0. The standard InChI is InChI=1S/C13H26N4O2S/c1-11(2)10-17(6-5-16(3)4)20(18,19)13-7-12(8-14)15-9-13/h7,9,11,15H,5-6,8,10,14H2,1-4H3. The number of aromatic amines is 1. The Morgan fingerprint density at radius 2 is 1.95 bits per heavy atom. The third kappa shape index (κ3) is 4.59. The highest BCUT2D eigenvalue weighted by molar-refractivity contribution is 7.89. The predicted octanol–water partition coefficient (Wildman–Crippen LogP) is 0.682. The fraction of sp³-hybridized carbons (Fsp3) is 0.692. The Bertz CT molecular complexity index is 508. The van der Waals surface area contributed by atoms with Crippen molar-refractivity contribution < 1.29 is 8.42 Å². The normalized spacial score (nSPS) is 12.8. The van der Waals surface area contributed by atoms with Crippen LogP contribution in [0.3, 0.4) is 0 Å². The van der Waals surface area contributed by atoms with Crippen LogP contribution in [0.25, 0.3) is 0 Å². The molecule has 116 valence electrons. The van der Waals surface area contributed by atoms with Gasteiger partial charge in [0, 0.05) is 38.1 Å². The highest BCUT2D eigenvalue weighted by Gasteiger charge is 2.26. The second kappa shape index (κ2) is 7.21. The van der Waals surface area contributed by atoms with Crippen molar-refractivity contribution in [1.82, 2.24) is 14.2 Å². The summed E-state index contributed by atoms with van der Waals surface area (Å²) in [5.74, 6) is 0.278. The van der Waals surface area contributed by atoms with E-state index in [4.69, 9.17) is 5.73 Å². The lowest BCUT2D eigenvalue weighted by atomic mass is 10.2. The van der Waals surface area contributed by atoms with Crippen LogP contribution in [0.5, 0.6) is 0 Å². The number of aromatic nitrogens is 1. The van der Waals surface area contributed by atoms with Crippen LogP contribution >= 0.6 is 0 Å². The van der Waals surface area contributed by atoms with E-state index in [0.717, 1.165) is 5.69 Å². The molecule has 0 saturated carbocycles. The van der Waals surface area contributed by atoms with Gasteiger partial charge in [-0.1, -0.05) is 13.8 Å². The molecule has 0 spiro atoms. The van der Waals surface area contributed by atoms with Gasteiger partial charge in [0.15, 0.2) is 0 Å². The van der Waals surface area contributed by atoms with E-state index in [9.17, 15) is 8.42 Å². The molecule has 0 fully saturated rings. The van der Waals surface area contributed by atoms with Gasteiger partial charge in [-0.25, -0.2) is 8.42 Å². The average molecular weight is 302 g/mol. The zero-order chi connectivity index (χ0) is 15.3. The number of nitrogens with zero attached hydrogens (tertiary/aromatic N) is 2. The Balaban J connectivity index is 2.96. The molecule has 0 radical (unpaired) electrons. The smallest absolute Gasteiger partial charge is 0.244 e. The fourth-order valence-corrected chi connectivity index (χ4v) is 3.48. The summed E-state index contributed by atoms with van der Waals surface area (Å²) in [6.45, 7) is 6.02. The highest BCUT2D eigenvalue weighted by atomic mass is 32.2. The molecule has 0 aliphatic heterocycles. The fourth-order valence-electron chi connectivity index (χ4n) is 1.86. The maximum Gasteiger partial charge on any atom is 0.244 e. The summed E-state index contributed by atoms with van der Waals surface area (Å²) in [5.41, 5.74) is 6.24. The van der Waals surface area contributed by atoms with Crippen molar-refractivity contribution in [1.29, 1.82) is 0 Å². The van der Waals surface area contributed by atoms with E-state index < -0.39 is 10.0 Å². The number of likely N-dealkylation sites (N-methyl/N-ethyl adjacent to an activating group) is 1. The molecular weight excluding hydrogens is 276 g/mol. The molecule has 0 amide bonds. The Hall–Kier alpha value is -0.890. The first-order valence-corrected chi connectivity index (χ1v) is 8.23. The zero-order valence-corrected chi connectivity index (χ0v) is 13.6. The molecule has 6 nitrogen and oxygen atoms in total. The molecule has 1 rings (SSSR count). The van der Waals surface area contributed by atoms with Crippen molar-refractivity contribution in [2.24, 2.45) is 11.7 Å². The molecule has 1 aromatic rings. The van der Waals surface area contributed by atoms with E-state index in [0.29, 0.717) is 26.2 Å². The first-order chi connectivity index (χ1) is 9.27. The molecule has 0 bridgehead atoms. The van der Waals surface area contributed by atoms with Crippen LogP contribution in [0.4, 0.5) is 0 Å². The zero-order valence-electron chi connectivity index (χ0n) is 12.8. The molecular formula is C13H26N4O2S. The number of nitrogens with one attached hydrogen (secondary N) is 1. The van der Waals surface area contributed by atoms with Crippen LogP contribution in [-0.4, -0.2) is 56.3 Å². The van der Waals surface area contributed by atoms with Gasteiger partial charge in [0.05, 0.1) is 4.90 Å². The quantitative estimate of drug-likeness (QED) is 0.740. The second-order valence-electron chi connectivity index (χ2n) is 5.62. The second-order valence-corrected chi connectivity index (χ2v) is 7.56. The summed E-state index contributed by atoms with van der Waals surface area (Å²) < 4.78 is 26.9. The summed E-state index contributed by atoms with van der Waals surface area (Å²) >= 11 is 0. The number of nitrogens with two attached hydrogens (primary N) is 1. The van der Waals surface area contributed by atoms with Crippen molar-refractivity contribution in [3.8, 4) is 0 Å². The van der Waals surface area contributed by atoms with Crippen molar-refractivity contribution >= 4 is 10.0 Å². The summed E-state index contributed by atoms with van der Waals surface area (Å²) in [6.07, 6.45) is 1.51. The van der Waals surface area contributed by atoms with Crippen LogP contribution in [0.1, 0.15) is 19.5 Å². The molecule has 20 heavy (non-hydrogen) atoms. The number of H-pyrrole nitrogens is 1. The third-order valence-electron chi connectivity index (χ3n) is 2.94. The summed E-state index contributed by atoms with van der Waals surface area (Å²) in [6, 6.07) is 1.61. The number of hydrogen-bond acceptors (Lipinski definition) is 4. The maximum absolute atomic E-state index is 12.7. The van der Waals surface area contributed by atoms with Gasteiger partial charge in [0.1, 0.15) is 0 Å². The van der Waals surface area contributed by atoms with E-state index in [1.165, 1.54) is 6.20 Å². The van der Waals surface area contributed by atoms with Gasteiger partial charge in [-0.05, 0) is 26.1 Å². The van der Waals surface area contributed by atoms with Gasteiger partial charge in [-0.15, -0.1) is 0 Å². The van der Waals surface area contributed by atoms with E-state index in [-0.39, 0.29) is 10.8 Å². The number of rotatable bonds is 8. The molecule has 3 N–H and O–H groups in total. The third-order valence-corrected chi connectivity index (χ3v) is 4.78. The number of sulfonamides is 1. The number of hydrogen-bond donors (Lipinski definition) is 2. The molecule has 0 atom stereocenters. The largest absolute Gasteiger partial charge is 0.363 e. The van der Waals surface area contributed by atoms with Crippen molar-refractivity contribution in [2.45, 2.75) is 25.3 Å². The molecule has 0 saturated heterocycles. The Morgan fingerprint density at radius 1 is 1.30 bits per heavy atom. The minimum atomic E-state index is -3.46. The van der Waals surface area contributed by atoms with Crippen LogP contribution in [0.2, 0.25) is 0 Å².